The minimum Gasteiger partial charge on any atom is -0.306 e. The summed E-state index contributed by atoms with van der Waals surface area (Å²) in [5.41, 5.74) is -0.514. The third kappa shape index (κ3) is 2.26. The first-order valence-corrected chi connectivity index (χ1v) is 4.44. The number of carbonyl (C=O) groups is 1. The fraction of sp³-hybridized carbons (Fsp3) is 0.500. The van der Waals surface area contributed by atoms with Crippen LogP contribution in [0, 0.1) is 0 Å². The summed E-state index contributed by atoms with van der Waals surface area (Å²) in [6, 6.07) is 0. The van der Waals surface area contributed by atoms with Crippen LogP contribution in [0.25, 0.3) is 0 Å². The van der Waals surface area contributed by atoms with Crippen molar-refractivity contribution in [3.05, 3.63) is 12.2 Å². The van der Waals surface area contributed by atoms with E-state index in [0.717, 1.165) is 14.2 Å². The second kappa shape index (κ2) is 3.81. The van der Waals surface area contributed by atoms with Crippen LogP contribution in [0.1, 0.15) is 6.92 Å². The lowest BCUT2D eigenvalue weighted by Gasteiger charge is -2.10. The van der Waals surface area contributed by atoms with E-state index in [0.29, 0.717) is 0 Å². The van der Waals surface area contributed by atoms with Gasteiger partial charge in [-0.3, -0.25) is 9.36 Å². The van der Waals surface area contributed by atoms with E-state index >= 15 is 0 Å². The molecule has 0 aliphatic heterocycles. The van der Waals surface area contributed by atoms with Crippen LogP contribution in [0.2, 0.25) is 0 Å². The van der Waals surface area contributed by atoms with E-state index in [9.17, 15) is 9.36 Å². The van der Waals surface area contributed by atoms with E-state index in [-0.39, 0.29) is 5.57 Å². The summed E-state index contributed by atoms with van der Waals surface area (Å²) in [4.78, 5) is 11.0. The van der Waals surface area contributed by atoms with Gasteiger partial charge in [-0.05, 0) is 12.5 Å². The summed E-state index contributed by atoms with van der Waals surface area (Å²) in [6.45, 7) is 4.79. The van der Waals surface area contributed by atoms with Gasteiger partial charge in [0.2, 0.25) is 0 Å². The fourth-order valence-corrected chi connectivity index (χ4v) is 1.42. The smallest absolute Gasteiger partial charge is 0.306 e. The van der Waals surface area contributed by atoms with Crippen molar-refractivity contribution in [2.45, 2.75) is 6.92 Å². The molecule has 5 heteroatoms. The van der Waals surface area contributed by atoms with Crippen molar-refractivity contribution in [3.8, 4) is 0 Å². The number of hydrogen-bond acceptors (Lipinski definition) is 4. The molecule has 0 saturated carbocycles. The largest absolute Gasteiger partial charge is 0.400 e. The Morgan fingerprint density at radius 1 is 1.36 bits per heavy atom. The van der Waals surface area contributed by atoms with Gasteiger partial charge in [-0.15, -0.1) is 0 Å². The molecule has 0 aromatic heterocycles. The van der Waals surface area contributed by atoms with Gasteiger partial charge in [0.1, 0.15) is 0 Å². The summed E-state index contributed by atoms with van der Waals surface area (Å²) < 4.78 is 20.1. The van der Waals surface area contributed by atoms with E-state index in [1.54, 1.807) is 0 Å². The number of hydrogen-bond donors (Lipinski definition) is 0. The molecule has 64 valence electrons. The van der Waals surface area contributed by atoms with Crippen LogP contribution in [0.3, 0.4) is 0 Å². The van der Waals surface area contributed by atoms with E-state index < -0.39 is 13.1 Å². The van der Waals surface area contributed by atoms with E-state index in [2.05, 4.69) is 15.6 Å². The molecule has 0 fully saturated rings. The zero-order chi connectivity index (χ0) is 9.07. The topological polar surface area (TPSA) is 52.6 Å². The monoisotopic (exact) mass is 178 g/mol. The van der Waals surface area contributed by atoms with Crippen LogP contribution >= 0.6 is 7.60 Å². The van der Waals surface area contributed by atoms with Crippen molar-refractivity contribution < 1.29 is 18.4 Å². The predicted molar refractivity (Wildman–Crippen MR) is 41.4 cm³/mol. The predicted octanol–water partition coefficient (Wildman–Crippen LogP) is 1.57. The van der Waals surface area contributed by atoms with E-state index in [1.165, 1.54) is 6.92 Å². The third-order valence-electron chi connectivity index (χ3n) is 1.09. The van der Waals surface area contributed by atoms with Gasteiger partial charge in [0.25, 0.3) is 5.52 Å². The number of allylic oxidation sites excluding steroid dienone is 1. The zero-order valence-corrected chi connectivity index (χ0v) is 7.68. The Morgan fingerprint density at radius 3 is 1.82 bits per heavy atom. The van der Waals surface area contributed by atoms with Crippen LogP contribution in [-0.2, 0) is 18.4 Å². The maximum Gasteiger partial charge on any atom is 0.400 e. The van der Waals surface area contributed by atoms with Gasteiger partial charge < -0.3 is 9.05 Å². The first-order valence-electron chi connectivity index (χ1n) is 2.90. The van der Waals surface area contributed by atoms with Crippen molar-refractivity contribution in [1.82, 2.24) is 0 Å². The Kier molecular flexibility index (Phi) is 3.66. The van der Waals surface area contributed by atoms with Crippen LogP contribution in [0.15, 0.2) is 12.2 Å². The van der Waals surface area contributed by atoms with Crippen molar-refractivity contribution in [2.75, 3.05) is 14.2 Å². The summed E-state index contributed by atoms with van der Waals surface area (Å²) in [5.74, 6) is 0. The SMILES string of the molecule is C=C(C)C(=O)P(=O)(OC)OC. The second-order valence-electron chi connectivity index (χ2n) is 1.95. The second-order valence-corrected chi connectivity index (χ2v) is 4.08. The Bertz CT molecular complexity index is 213. The molecule has 0 aliphatic carbocycles. The molecule has 0 N–H and O–H groups in total. The maximum atomic E-state index is 11.2. The number of carbonyl (C=O) groups excluding carboxylic acids is 1. The molecule has 0 atom stereocenters. The average Bonchev–Trinajstić information content (AvgIpc) is 2.01. The molecule has 0 aromatic carbocycles. The van der Waals surface area contributed by atoms with E-state index in [1.807, 2.05) is 0 Å². The molecule has 0 heterocycles. The first-order chi connectivity index (χ1) is 4.98. The Balaban J connectivity index is 4.66. The third-order valence-corrected chi connectivity index (χ3v) is 2.94. The molecule has 0 radical (unpaired) electrons. The molecular weight excluding hydrogens is 167 g/mol. The molecule has 0 aromatic rings. The lowest BCUT2D eigenvalue weighted by atomic mass is 10.4. The summed E-state index contributed by atoms with van der Waals surface area (Å²) in [5, 5.41) is 0. The molecule has 0 rings (SSSR count). The summed E-state index contributed by atoms with van der Waals surface area (Å²) in [7, 11) is -1.25. The Morgan fingerprint density at radius 2 is 1.73 bits per heavy atom. The fourth-order valence-electron chi connectivity index (χ4n) is 0.474. The van der Waals surface area contributed by atoms with Gasteiger partial charge in [0.05, 0.1) is 0 Å². The van der Waals surface area contributed by atoms with Crippen LogP contribution < -0.4 is 0 Å². The lowest BCUT2D eigenvalue weighted by molar-refractivity contribution is -0.110. The molecule has 0 aliphatic rings. The average molecular weight is 178 g/mol. The van der Waals surface area contributed by atoms with Crippen LogP contribution in [0.5, 0.6) is 0 Å². The summed E-state index contributed by atoms with van der Waals surface area (Å²) in [6.07, 6.45) is 0. The minimum atomic E-state index is -3.57. The van der Waals surface area contributed by atoms with Gasteiger partial charge in [0.15, 0.2) is 0 Å². The van der Waals surface area contributed by atoms with Gasteiger partial charge in [-0.25, -0.2) is 0 Å². The van der Waals surface area contributed by atoms with Crippen molar-refractivity contribution >= 4 is 13.1 Å². The molecule has 0 saturated heterocycles. The minimum absolute atomic E-state index is 0.164. The normalized spacial score (nSPS) is 11.2. The number of rotatable bonds is 4. The van der Waals surface area contributed by atoms with Crippen molar-refractivity contribution in [1.29, 1.82) is 0 Å². The van der Waals surface area contributed by atoms with Crippen LogP contribution in [-0.4, -0.2) is 19.7 Å². The Hall–Kier alpha value is -0.440. The highest BCUT2D eigenvalue weighted by Crippen LogP contribution is 2.48. The molecule has 0 amide bonds. The molecule has 0 unspecified atom stereocenters. The lowest BCUT2D eigenvalue weighted by Crippen LogP contribution is -2.03. The van der Waals surface area contributed by atoms with Crippen molar-refractivity contribution in [2.24, 2.45) is 0 Å². The molecule has 11 heavy (non-hydrogen) atoms. The van der Waals surface area contributed by atoms with Gasteiger partial charge in [0, 0.05) is 14.2 Å². The molecule has 0 spiro atoms. The molecule has 4 nitrogen and oxygen atoms in total. The van der Waals surface area contributed by atoms with Crippen LogP contribution in [0.4, 0.5) is 0 Å². The summed E-state index contributed by atoms with van der Waals surface area (Å²) >= 11 is 0. The van der Waals surface area contributed by atoms with Gasteiger partial charge in [-0.1, -0.05) is 6.58 Å². The standard InChI is InChI=1S/C6H11O4P/c1-5(2)6(7)11(8,9-3)10-4/h1H2,2-4H3. The van der Waals surface area contributed by atoms with Crippen molar-refractivity contribution in [3.63, 3.8) is 0 Å². The molecular formula is C6H11O4P. The van der Waals surface area contributed by atoms with Gasteiger partial charge in [-0.2, -0.15) is 0 Å². The molecule has 0 bridgehead atoms. The first kappa shape index (κ1) is 10.6. The van der Waals surface area contributed by atoms with Gasteiger partial charge >= 0.3 is 7.60 Å². The highest BCUT2D eigenvalue weighted by Gasteiger charge is 2.32. The van der Waals surface area contributed by atoms with E-state index in [4.69, 9.17) is 0 Å². The zero-order valence-electron chi connectivity index (χ0n) is 6.79. The Labute approximate surface area is 65.7 Å². The highest BCUT2D eigenvalue weighted by molar-refractivity contribution is 7.72. The maximum absolute atomic E-state index is 11.2. The quantitative estimate of drug-likeness (QED) is 0.484. The highest BCUT2D eigenvalue weighted by atomic mass is 31.2.